The minimum Gasteiger partial charge on any atom is -0.444 e. The minimum atomic E-state index is -0.797. The summed E-state index contributed by atoms with van der Waals surface area (Å²) in [6, 6.07) is 8.67. The van der Waals surface area contributed by atoms with Crippen LogP contribution in [0.15, 0.2) is 42.7 Å². The molecule has 0 aliphatic carbocycles. The monoisotopic (exact) mass is 341 g/mol. The summed E-state index contributed by atoms with van der Waals surface area (Å²) in [6.45, 7) is 8.98. The number of nitrogens with zero attached hydrogens (tertiary/aromatic N) is 2. The number of anilines is 1. The van der Waals surface area contributed by atoms with Crippen LogP contribution in [0.1, 0.15) is 50.8 Å². The lowest BCUT2D eigenvalue weighted by Crippen LogP contribution is -2.31. The van der Waals surface area contributed by atoms with Gasteiger partial charge >= 0.3 is 6.09 Å². The van der Waals surface area contributed by atoms with Crippen LogP contribution < -0.4 is 5.32 Å². The highest BCUT2D eigenvalue weighted by Crippen LogP contribution is 2.25. The van der Waals surface area contributed by atoms with Gasteiger partial charge in [-0.1, -0.05) is 6.07 Å². The van der Waals surface area contributed by atoms with E-state index in [0.717, 1.165) is 0 Å². The number of rotatable bonds is 4. The molecular formula is C19H23N3O3. The number of ether oxygens (including phenoxy) is 1. The molecule has 0 atom stereocenters. The van der Waals surface area contributed by atoms with Gasteiger partial charge in [0.05, 0.1) is 23.0 Å². The summed E-state index contributed by atoms with van der Waals surface area (Å²) in [4.78, 5) is 33.0. The summed E-state index contributed by atoms with van der Waals surface area (Å²) >= 11 is 0. The van der Waals surface area contributed by atoms with Gasteiger partial charge in [0.2, 0.25) is 0 Å². The quantitative estimate of drug-likeness (QED) is 0.851. The molecule has 2 heterocycles. The molecule has 0 unspecified atom stereocenters. The summed E-state index contributed by atoms with van der Waals surface area (Å²) in [5.41, 5.74) is 0.0682. The molecule has 132 valence electrons. The van der Waals surface area contributed by atoms with E-state index in [0.29, 0.717) is 17.1 Å². The Bertz CT molecular complexity index is 748. The highest BCUT2D eigenvalue weighted by molar-refractivity contribution is 6.02. The maximum absolute atomic E-state index is 12.8. The maximum atomic E-state index is 12.8. The molecule has 0 saturated carbocycles. The predicted molar refractivity (Wildman–Crippen MR) is 95.7 cm³/mol. The van der Waals surface area contributed by atoms with Crippen molar-refractivity contribution >= 4 is 17.6 Å². The number of hydrogen-bond acceptors (Lipinski definition) is 5. The molecule has 0 fully saturated rings. The normalized spacial score (nSPS) is 11.7. The molecule has 2 rings (SSSR count). The van der Waals surface area contributed by atoms with E-state index >= 15 is 0 Å². The molecular weight excluding hydrogens is 318 g/mol. The molecule has 1 amide bonds. The second-order valence-electron chi connectivity index (χ2n) is 7.23. The first kappa shape index (κ1) is 18.6. The van der Waals surface area contributed by atoms with E-state index in [9.17, 15) is 9.59 Å². The maximum Gasteiger partial charge on any atom is 0.412 e. The van der Waals surface area contributed by atoms with Crippen LogP contribution in [-0.4, -0.2) is 27.4 Å². The van der Waals surface area contributed by atoms with Crippen molar-refractivity contribution < 1.29 is 14.3 Å². The summed E-state index contributed by atoms with van der Waals surface area (Å²) < 4.78 is 5.18. The van der Waals surface area contributed by atoms with E-state index in [1.54, 1.807) is 45.2 Å². The number of amides is 1. The number of pyridine rings is 2. The second kappa shape index (κ2) is 7.01. The van der Waals surface area contributed by atoms with E-state index in [1.807, 2.05) is 26.0 Å². The van der Waals surface area contributed by atoms with Crippen LogP contribution in [0.3, 0.4) is 0 Å². The first-order valence-electron chi connectivity index (χ1n) is 8.02. The molecule has 0 radical (unpaired) electrons. The van der Waals surface area contributed by atoms with Crippen molar-refractivity contribution in [2.24, 2.45) is 0 Å². The number of ketones is 1. The first-order valence-corrected chi connectivity index (χ1v) is 8.02. The standard InChI is InChI=1S/C19H23N3O3/c1-18(2,3)25-17(24)22-13-9-10-14(21-12-13)16(23)19(4,5)15-8-6-7-11-20-15/h6-12H,1-5H3,(H,22,24). The fourth-order valence-electron chi connectivity index (χ4n) is 2.19. The van der Waals surface area contributed by atoms with Gasteiger partial charge in [0, 0.05) is 6.20 Å². The van der Waals surface area contributed by atoms with Gasteiger partial charge in [-0.2, -0.15) is 0 Å². The van der Waals surface area contributed by atoms with E-state index in [4.69, 9.17) is 4.74 Å². The lowest BCUT2D eigenvalue weighted by Gasteiger charge is -2.22. The molecule has 0 aliphatic heterocycles. The molecule has 0 saturated heterocycles. The molecule has 6 heteroatoms. The van der Waals surface area contributed by atoms with Crippen LogP contribution in [0.2, 0.25) is 0 Å². The van der Waals surface area contributed by atoms with Crippen molar-refractivity contribution in [1.82, 2.24) is 9.97 Å². The molecule has 6 nitrogen and oxygen atoms in total. The van der Waals surface area contributed by atoms with Crippen molar-refractivity contribution in [2.45, 2.75) is 45.6 Å². The van der Waals surface area contributed by atoms with Gasteiger partial charge < -0.3 is 4.74 Å². The van der Waals surface area contributed by atoms with Gasteiger partial charge in [-0.3, -0.25) is 20.1 Å². The van der Waals surface area contributed by atoms with Crippen molar-refractivity contribution in [2.75, 3.05) is 5.32 Å². The summed E-state index contributed by atoms with van der Waals surface area (Å²) in [6.07, 6.45) is 2.53. The molecule has 0 aromatic carbocycles. The highest BCUT2D eigenvalue weighted by Gasteiger charge is 2.32. The Labute approximate surface area is 147 Å². The van der Waals surface area contributed by atoms with Crippen LogP contribution in [0.5, 0.6) is 0 Å². The molecule has 1 N–H and O–H groups in total. The van der Waals surface area contributed by atoms with Gasteiger partial charge in [0.1, 0.15) is 11.3 Å². The lowest BCUT2D eigenvalue weighted by atomic mass is 9.82. The van der Waals surface area contributed by atoms with E-state index in [-0.39, 0.29) is 5.78 Å². The van der Waals surface area contributed by atoms with Crippen LogP contribution in [-0.2, 0) is 10.2 Å². The fourth-order valence-corrected chi connectivity index (χ4v) is 2.19. The fraction of sp³-hybridized carbons (Fsp3) is 0.368. The van der Waals surface area contributed by atoms with Gasteiger partial charge in [-0.25, -0.2) is 4.79 Å². The number of nitrogens with one attached hydrogen (secondary N) is 1. The number of carbonyl (C=O) groups is 2. The second-order valence-corrected chi connectivity index (χ2v) is 7.23. The van der Waals surface area contributed by atoms with Crippen LogP contribution >= 0.6 is 0 Å². The first-order chi connectivity index (χ1) is 11.6. The number of Topliss-reactive ketones (excluding diaryl/α,β-unsaturated/α-hetero) is 1. The zero-order valence-electron chi connectivity index (χ0n) is 15.2. The Balaban J connectivity index is 2.12. The molecule has 2 aromatic rings. The Morgan fingerprint density at radius 1 is 1.00 bits per heavy atom. The van der Waals surface area contributed by atoms with E-state index in [2.05, 4.69) is 15.3 Å². The molecule has 25 heavy (non-hydrogen) atoms. The number of hydrogen-bond donors (Lipinski definition) is 1. The minimum absolute atomic E-state index is 0.144. The summed E-state index contributed by atoms with van der Waals surface area (Å²) in [7, 11) is 0. The molecule has 0 aliphatic rings. The summed E-state index contributed by atoms with van der Waals surface area (Å²) in [5, 5.41) is 2.59. The van der Waals surface area contributed by atoms with Crippen molar-refractivity contribution in [3.05, 3.63) is 54.1 Å². The van der Waals surface area contributed by atoms with E-state index in [1.165, 1.54) is 6.20 Å². The van der Waals surface area contributed by atoms with Crippen LogP contribution in [0.4, 0.5) is 10.5 Å². The third-order valence-electron chi connectivity index (χ3n) is 3.51. The van der Waals surface area contributed by atoms with Crippen molar-refractivity contribution in [1.29, 1.82) is 0 Å². The van der Waals surface area contributed by atoms with E-state index < -0.39 is 17.1 Å². The molecule has 0 spiro atoms. The highest BCUT2D eigenvalue weighted by atomic mass is 16.6. The summed E-state index contributed by atoms with van der Waals surface area (Å²) in [5.74, 6) is -0.144. The Morgan fingerprint density at radius 3 is 2.24 bits per heavy atom. The third-order valence-corrected chi connectivity index (χ3v) is 3.51. The third kappa shape index (κ3) is 4.86. The Morgan fingerprint density at radius 2 is 1.72 bits per heavy atom. The Kier molecular flexibility index (Phi) is 5.21. The zero-order valence-corrected chi connectivity index (χ0v) is 15.2. The van der Waals surface area contributed by atoms with Gasteiger partial charge in [-0.05, 0) is 58.9 Å². The van der Waals surface area contributed by atoms with Crippen molar-refractivity contribution in [3.8, 4) is 0 Å². The lowest BCUT2D eigenvalue weighted by molar-refractivity contribution is 0.0635. The topological polar surface area (TPSA) is 81.2 Å². The van der Waals surface area contributed by atoms with Crippen LogP contribution in [0.25, 0.3) is 0 Å². The molecule has 0 bridgehead atoms. The SMILES string of the molecule is CC(C)(C)OC(=O)Nc1ccc(C(=O)C(C)(C)c2ccccn2)nc1. The Hall–Kier alpha value is -2.76. The van der Waals surface area contributed by atoms with Crippen LogP contribution in [0, 0.1) is 0 Å². The number of aromatic nitrogens is 2. The van der Waals surface area contributed by atoms with Gasteiger partial charge in [0.15, 0.2) is 5.78 Å². The predicted octanol–water partition coefficient (Wildman–Crippen LogP) is 3.98. The average Bonchev–Trinajstić information content (AvgIpc) is 2.54. The largest absolute Gasteiger partial charge is 0.444 e. The van der Waals surface area contributed by atoms with Gasteiger partial charge in [-0.15, -0.1) is 0 Å². The zero-order chi connectivity index (χ0) is 18.7. The van der Waals surface area contributed by atoms with Gasteiger partial charge in [0.25, 0.3) is 0 Å². The van der Waals surface area contributed by atoms with Crippen molar-refractivity contribution in [3.63, 3.8) is 0 Å². The smallest absolute Gasteiger partial charge is 0.412 e. The average molecular weight is 341 g/mol. The molecule has 2 aromatic heterocycles. The number of carbonyl (C=O) groups excluding carboxylic acids is 2.